The number of hydrogen-bond acceptors (Lipinski definition) is 5. The molecule has 2 fully saturated rings. The molecule has 0 aromatic heterocycles. The minimum atomic E-state index is 0.237. The maximum absolute atomic E-state index is 12.8. The predicted octanol–water partition coefficient (Wildman–Crippen LogP) is 0.455. The number of quaternary nitrogens is 1. The Morgan fingerprint density at radius 2 is 1.50 bits per heavy atom. The first-order valence-corrected chi connectivity index (χ1v) is 10.7. The number of ether oxygens (including phenoxy) is 1. The molecule has 0 bridgehead atoms. The lowest BCUT2D eigenvalue weighted by Gasteiger charge is -2.38. The summed E-state index contributed by atoms with van der Waals surface area (Å²) in [5.74, 6) is 1.44. The van der Waals surface area contributed by atoms with Gasteiger partial charge < -0.3 is 29.4 Å². The summed E-state index contributed by atoms with van der Waals surface area (Å²) in [5, 5.41) is 10.1. The van der Waals surface area contributed by atoms with Crippen LogP contribution in [0.3, 0.4) is 0 Å². The Morgan fingerprint density at radius 1 is 0.900 bits per heavy atom. The van der Waals surface area contributed by atoms with E-state index >= 15 is 0 Å². The number of para-hydroxylation sites is 4. The van der Waals surface area contributed by atoms with Crippen LogP contribution in [0.5, 0.6) is 11.5 Å². The van der Waals surface area contributed by atoms with Gasteiger partial charge in [0.1, 0.15) is 11.5 Å². The highest BCUT2D eigenvalue weighted by molar-refractivity contribution is 5.77. The number of nitrogens with zero attached hydrogens (tertiary/aromatic N) is 3. The second kappa shape index (κ2) is 9.26. The zero-order valence-corrected chi connectivity index (χ0v) is 17.6. The van der Waals surface area contributed by atoms with Gasteiger partial charge in [0.2, 0.25) is 0 Å². The van der Waals surface area contributed by atoms with Crippen molar-refractivity contribution in [3.8, 4) is 11.5 Å². The monoisotopic (exact) mass is 411 g/mol. The van der Waals surface area contributed by atoms with E-state index in [4.69, 9.17) is 4.74 Å². The third-order valence-electron chi connectivity index (χ3n) is 6.15. The van der Waals surface area contributed by atoms with Gasteiger partial charge in [-0.05, 0) is 24.3 Å². The summed E-state index contributed by atoms with van der Waals surface area (Å²) >= 11 is 0. The molecule has 0 aliphatic carbocycles. The highest BCUT2D eigenvalue weighted by atomic mass is 16.5. The van der Waals surface area contributed by atoms with Crippen LogP contribution in [0.2, 0.25) is 0 Å². The lowest BCUT2D eigenvalue weighted by molar-refractivity contribution is -0.892. The molecule has 7 heteroatoms. The minimum absolute atomic E-state index is 0.237. The van der Waals surface area contributed by atoms with Crippen LogP contribution in [-0.4, -0.2) is 81.9 Å². The van der Waals surface area contributed by atoms with Crippen LogP contribution in [0.25, 0.3) is 0 Å². The number of hydrogen-bond donors (Lipinski definition) is 2. The summed E-state index contributed by atoms with van der Waals surface area (Å²) in [6.45, 7) is 7.18. The fraction of sp³-hybridized carbons (Fsp3) is 0.435. The smallest absolute Gasteiger partial charge is 0.277 e. The second-order valence-corrected chi connectivity index (χ2v) is 7.94. The van der Waals surface area contributed by atoms with Crippen LogP contribution in [0.15, 0.2) is 48.5 Å². The lowest BCUT2D eigenvalue weighted by atomic mass is 10.2. The van der Waals surface area contributed by atoms with Crippen molar-refractivity contribution in [2.24, 2.45) is 0 Å². The number of rotatable bonds is 5. The maximum atomic E-state index is 12.8. The molecule has 0 saturated carbocycles. The van der Waals surface area contributed by atoms with Gasteiger partial charge in [-0.3, -0.25) is 4.79 Å². The van der Waals surface area contributed by atoms with Gasteiger partial charge in [0.25, 0.3) is 5.91 Å². The fourth-order valence-electron chi connectivity index (χ4n) is 4.39. The molecule has 2 aromatic carbocycles. The molecule has 0 spiro atoms. The maximum Gasteiger partial charge on any atom is 0.277 e. The molecule has 2 saturated heterocycles. The largest absolute Gasteiger partial charge is 0.506 e. The van der Waals surface area contributed by atoms with Crippen molar-refractivity contribution in [1.82, 2.24) is 4.90 Å². The summed E-state index contributed by atoms with van der Waals surface area (Å²) in [5.41, 5.74) is 1.98. The van der Waals surface area contributed by atoms with Crippen molar-refractivity contribution in [3.63, 3.8) is 0 Å². The summed E-state index contributed by atoms with van der Waals surface area (Å²) in [6, 6.07) is 15.5. The summed E-state index contributed by atoms with van der Waals surface area (Å²) in [7, 11) is 1.69. The normalized spacial score (nSPS) is 17.8. The lowest BCUT2D eigenvalue weighted by Crippen LogP contribution is -3.16. The van der Waals surface area contributed by atoms with Crippen molar-refractivity contribution in [1.29, 1.82) is 0 Å². The van der Waals surface area contributed by atoms with Gasteiger partial charge in [0.15, 0.2) is 6.54 Å². The van der Waals surface area contributed by atoms with Crippen LogP contribution in [0.1, 0.15) is 0 Å². The van der Waals surface area contributed by atoms with E-state index in [1.807, 2.05) is 41.3 Å². The summed E-state index contributed by atoms with van der Waals surface area (Å²) in [6.07, 6.45) is 0. The molecule has 0 unspecified atom stereocenters. The number of phenolic OH excluding ortho intramolecular Hbond substituents is 1. The zero-order valence-electron chi connectivity index (χ0n) is 17.6. The van der Waals surface area contributed by atoms with E-state index in [0.717, 1.165) is 69.5 Å². The van der Waals surface area contributed by atoms with Gasteiger partial charge >= 0.3 is 0 Å². The molecule has 2 aliphatic heterocycles. The average Bonchev–Trinajstić information content (AvgIpc) is 2.80. The van der Waals surface area contributed by atoms with Gasteiger partial charge in [-0.2, -0.15) is 0 Å². The number of amides is 1. The number of benzene rings is 2. The number of carbonyl (C=O) groups excluding carboxylic acids is 1. The predicted molar refractivity (Wildman–Crippen MR) is 118 cm³/mol. The van der Waals surface area contributed by atoms with E-state index in [-0.39, 0.29) is 5.91 Å². The van der Waals surface area contributed by atoms with E-state index in [1.165, 1.54) is 4.90 Å². The molecule has 2 aromatic rings. The van der Waals surface area contributed by atoms with E-state index in [9.17, 15) is 9.90 Å². The van der Waals surface area contributed by atoms with Gasteiger partial charge in [0, 0.05) is 26.2 Å². The number of nitrogens with one attached hydrogen (secondary N) is 1. The Morgan fingerprint density at radius 3 is 2.17 bits per heavy atom. The summed E-state index contributed by atoms with van der Waals surface area (Å²) < 4.78 is 5.48. The Kier molecular flexibility index (Phi) is 6.28. The Balaban J connectivity index is 1.25. The molecule has 2 heterocycles. The second-order valence-electron chi connectivity index (χ2n) is 7.94. The van der Waals surface area contributed by atoms with E-state index in [1.54, 1.807) is 13.2 Å². The van der Waals surface area contributed by atoms with Crippen molar-refractivity contribution in [3.05, 3.63) is 48.5 Å². The molecule has 1 amide bonds. The third kappa shape index (κ3) is 4.46. The van der Waals surface area contributed by atoms with Gasteiger partial charge in [0.05, 0.1) is 44.7 Å². The van der Waals surface area contributed by atoms with Crippen molar-refractivity contribution < 1.29 is 19.5 Å². The highest BCUT2D eigenvalue weighted by Crippen LogP contribution is 2.28. The summed E-state index contributed by atoms with van der Waals surface area (Å²) in [4.78, 5) is 20.7. The molecule has 160 valence electrons. The molecule has 0 radical (unpaired) electrons. The number of phenols is 1. The van der Waals surface area contributed by atoms with E-state index < -0.39 is 0 Å². The molecule has 30 heavy (non-hydrogen) atoms. The van der Waals surface area contributed by atoms with Crippen molar-refractivity contribution in [2.75, 3.05) is 75.8 Å². The zero-order chi connectivity index (χ0) is 20.9. The molecule has 2 N–H and O–H groups in total. The minimum Gasteiger partial charge on any atom is -0.506 e. The van der Waals surface area contributed by atoms with Crippen molar-refractivity contribution in [2.45, 2.75) is 0 Å². The molecule has 0 atom stereocenters. The van der Waals surface area contributed by atoms with Crippen molar-refractivity contribution >= 4 is 17.3 Å². The standard InChI is InChI=1S/C23H30N4O3/c1-30-22-9-5-3-7-20(22)26-14-16-27(17-15-26)23(29)18-24-10-12-25(13-11-24)19-6-2-4-8-21(19)28/h2-9,28H,10-18H2,1H3/p+1. The SMILES string of the molecule is COc1ccccc1N1CCN(C(=O)C[NH+]2CCN(c3ccccc3O)CC2)CC1. The molecule has 7 nitrogen and oxygen atoms in total. The number of piperazine rings is 2. The molecule has 4 rings (SSSR count). The Bertz CT molecular complexity index is 859. The third-order valence-corrected chi connectivity index (χ3v) is 6.15. The number of aromatic hydroxyl groups is 1. The van der Waals surface area contributed by atoms with Gasteiger partial charge in [-0.25, -0.2) is 0 Å². The van der Waals surface area contributed by atoms with Gasteiger partial charge in [-0.1, -0.05) is 24.3 Å². The molecule has 2 aliphatic rings. The highest BCUT2D eigenvalue weighted by Gasteiger charge is 2.28. The first kappa shape index (κ1) is 20.3. The van der Waals surface area contributed by atoms with Crippen LogP contribution in [0.4, 0.5) is 11.4 Å². The van der Waals surface area contributed by atoms with Gasteiger partial charge in [-0.15, -0.1) is 0 Å². The number of carbonyl (C=O) groups is 1. The topological polar surface area (TPSA) is 60.7 Å². The van der Waals surface area contributed by atoms with Crippen LogP contribution in [-0.2, 0) is 4.79 Å². The molecular weight excluding hydrogens is 380 g/mol. The van der Waals surface area contributed by atoms with Crippen LogP contribution in [0, 0.1) is 0 Å². The fourth-order valence-corrected chi connectivity index (χ4v) is 4.39. The van der Waals surface area contributed by atoms with E-state index in [0.29, 0.717) is 12.3 Å². The number of methoxy groups -OCH3 is 1. The Hall–Kier alpha value is -2.93. The first-order chi connectivity index (χ1) is 14.7. The quantitative estimate of drug-likeness (QED) is 0.749. The number of anilines is 2. The Labute approximate surface area is 178 Å². The van der Waals surface area contributed by atoms with E-state index in [2.05, 4.69) is 15.9 Å². The first-order valence-electron chi connectivity index (χ1n) is 10.7. The average molecular weight is 412 g/mol. The van der Waals surface area contributed by atoms with Crippen LogP contribution >= 0.6 is 0 Å². The molecular formula is C23H31N4O3+. The van der Waals surface area contributed by atoms with Crippen LogP contribution < -0.4 is 19.4 Å².